The van der Waals surface area contributed by atoms with Crippen LogP contribution in [0.1, 0.15) is 13.2 Å². The molecule has 0 bridgehead atoms. The number of rotatable bonds is 4. The molecule has 4 atom stereocenters. The van der Waals surface area contributed by atoms with Gasteiger partial charge < -0.3 is 29.5 Å². The van der Waals surface area contributed by atoms with Gasteiger partial charge in [-0.05, 0) is 6.92 Å². The Hall–Kier alpha value is -1.33. The Morgan fingerprint density at radius 1 is 1.50 bits per heavy atom. The molecule has 5 N–H and O–H groups in total. The molecule has 1 aliphatic rings. The average Bonchev–Trinajstić information content (AvgIpc) is 2.59. The summed E-state index contributed by atoms with van der Waals surface area (Å²) in [6, 6.07) is 1.01. The van der Waals surface area contributed by atoms with Gasteiger partial charge in [0.1, 0.15) is 11.7 Å². The smallest absolute Gasteiger partial charge is 0.351 e. The number of hydrogen-bond donors (Lipinski definition) is 5. The first-order valence-corrected chi connectivity index (χ1v) is 7.85. The number of hydrogen-bond acceptors (Lipinski definition) is 7. The van der Waals surface area contributed by atoms with Crippen LogP contribution in [0.4, 0.5) is 0 Å². The van der Waals surface area contributed by atoms with Gasteiger partial charge in [0, 0.05) is 12.3 Å². The molecule has 124 valence electrons. The van der Waals surface area contributed by atoms with Crippen LogP contribution in [0, 0.1) is 0 Å². The molecule has 11 nitrogen and oxygen atoms in total. The second-order valence-corrected chi connectivity index (χ2v) is 6.59. The van der Waals surface area contributed by atoms with Crippen molar-refractivity contribution in [2.24, 2.45) is 0 Å². The molecule has 1 aromatic rings. The maximum atomic E-state index is 11.7. The molecule has 1 aromatic heterocycles. The minimum atomic E-state index is -4.51. The largest absolute Gasteiger partial charge is 0.385 e. The molecule has 0 spiro atoms. The summed E-state index contributed by atoms with van der Waals surface area (Å²) in [6.07, 6.45) is -4.64. The molecule has 0 saturated carbocycles. The van der Waals surface area contributed by atoms with Crippen LogP contribution < -0.4 is 11.2 Å². The normalized spacial score (nSPS) is 32.3. The molecule has 1 fully saturated rings. The van der Waals surface area contributed by atoms with Crippen LogP contribution in [0.25, 0.3) is 0 Å². The Balaban J connectivity index is 2.28. The highest BCUT2D eigenvalue weighted by Gasteiger charge is 2.54. The zero-order valence-corrected chi connectivity index (χ0v) is 12.2. The summed E-state index contributed by atoms with van der Waals surface area (Å²) in [5, 5.41) is 20.2. The van der Waals surface area contributed by atoms with Crippen molar-refractivity contribution in [2.45, 2.75) is 31.1 Å². The molecular formula is C10H15N2O9P. The Labute approximate surface area is 122 Å². The highest BCUT2D eigenvalue weighted by atomic mass is 31.2. The standard InChI is InChI=1S/C10H15N2O9P/c1-10(16)6(14)7(20-4-22(17,18)19)21-8(10)12-3-2-5(13)11-9(12)15/h2-3,6-8,14,16H,4H2,1H3,(H,11,13,15)(H2,17,18,19)/t6?,7-,8+,10?/m0/s1. The maximum Gasteiger partial charge on any atom is 0.351 e. The fourth-order valence-electron chi connectivity index (χ4n) is 2.02. The molecule has 0 radical (unpaired) electrons. The number of aliphatic hydroxyl groups is 2. The van der Waals surface area contributed by atoms with Gasteiger partial charge >= 0.3 is 13.3 Å². The lowest BCUT2D eigenvalue weighted by Gasteiger charge is -2.26. The lowest BCUT2D eigenvalue weighted by molar-refractivity contribution is -0.169. The van der Waals surface area contributed by atoms with E-state index in [0.717, 1.165) is 23.8 Å². The Bertz CT molecular complexity index is 705. The Morgan fingerprint density at radius 2 is 2.14 bits per heavy atom. The highest BCUT2D eigenvalue weighted by molar-refractivity contribution is 7.51. The van der Waals surface area contributed by atoms with E-state index in [0.29, 0.717) is 0 Å². The van der Waals surface area contributed by atoms with E-state index in [2.05, 4.69) is 0 Å². The first-order chi connectivity index (χ1) is 10.0. The Morgan fingerprint density at radius 3 is 2.68 bits per heavy atom. The predicted molar refractivity (Wildman–Crippen MR) is 69.9 cm³/mol. The van der Waals surface area contributed by atoms with Gasteiger partial charge in [0.05, 0.1) is 0 Å². The van der Waals surface area contributed by atoms with Crippen molar-refractivity contribution in [3.63, 3.8) is 0 Å². The lowest BCUT2D eigenvalue weighted by atomic mass is 9.99. The minimum absolute atomic E-state index is 0.659. The van der Waals surface area contributed by atoms with Crippen LogP contribution in [0.2, 0.25) is 0 Å². The molecule has 0 aromatic carbocycles. The molecule has 2 unspecified atom stereocenters. The van der Waals surface area contributed by atoms with E-state index in [-0.39, 0.29) is 0 Å². The molecule has 12 heteroatoms. The lowest BCUT2D eigenvalue weighted by Crippen LogP contribution is -2.46. The van der Waals surface area contributed by atoms with Crippen LogP contribution in [0.3, 0.4) is 0 Å². The van der Waals surface area contributed by atoms with Crippen molar-refractivity contribution in [3.05, 3.63) is 33.1 Å². The van der Waals surface area contributed by atoms with Crippen LogP contribution in [0.15, 0.2) is 21.9 Å². The summed E-state index contributed by atoms with van der Waals surface area (Å²) in [6.45, 7) is 1.15. The van der Waals surface area contributed by atoms with Gasteiger partial charge in [-0.25, -0.2) is 4.79 Å². The molecule has 1 aliphatic heterocycles. The van der Waals surface area contributed by atoms with Crippen molar-refractivity contribution < 1.29 is 34.0 Å². The van der Waals surface area contributed by atoms with E-state index in [1.165, 1.54) is 0 Å². The average molecular weight is 338 g/mol. The molecular weight excluding hydrogens is 323 g/mol. The second-order valence-electron chi connectivity index (χ2n) is 5.01. The summed E-state index contributed by atoms with van der Waals surface area (Å²) in [5.74, 6) is 0. The third-order valence-electron chi connectivity index (χ3n) is 3.13. The van der Waals surface area contributed by atoms with Crippen LogP contribution in [0.5, 0.6) is 0 Å². The minimum Gasteiger partial charge on any atom is -0.385 e. The van der Waals surface area contributed by atoms with Gasteiger partial charge in [-0.3, -0.25) is 18.9 Å². The highest BCUT2D eigenvalue weighted by Crippen LogP contribution is 2.41. The summed E-state index contributed by atoms with van der Waals surface area (Å²) in [5.41, 5.74) is -3.55. The summed E-state index contributed by atoms with van der Waals surface area (Å²) >= 11 is 0. The van der Waals surface area contributed by atoms with Crippen molar-refractivity contribution in [1.82, 2.24) is 9.55 Å². The zero-order chi connectivity index (χ0) is 16.7. The van der Waals surface area contributed by atoms with Crippen molar-refractivity contribution >= 4 is 7.60 Å². The first-order valence-electron chi connectivity index (χ1n) is 6.06. The number of ether oxygens (including phenoxy) is 2. The van der Waals surface area contributed by atoms with E-state index in [4.69, 9.17) is 19.3 Å². The van der Waals surface area contributed by atoms with Crippen molar-refractivity contribution in [2.75, 3.05) is 6.35 Å². The Kier molecular flexibility index (Phi) is 4.42. The maximum absolute atomic E-state index is 11.7. The van der Waals surface area contributed by atoms with Crippen molar-refractivity contribution in [3.8, 4) is 0 Å². The molecule has 22 heavy (non-hydrogen) atoms. The monoisotopic (exact) mass is 338 g/mol. The number of nitrogens with one attached hydrogen (secondary N) is 1. The fraction of sp³-hybridized carbons (Fsp3) is 0.600. The van der Waals surface area contributed by atoms with Crippen LogP contribution >= 0.6 is 7.60 Å². The van der Waals surface area contributed by atoms with E-state index in [1.807, 2.05) is 4.98 Å². The van der Waals surface area contributed by atoms with E-state index in [1.54, 1.807) is 0 Å². The van der Waals surface area contributed by atoms with Gasteiger partial charge in [0.25, 0.3) is 5.56 Å². The molecule has 1 saturated heterocycles. The molecule has 0 aliphatic carbocycles. The number of aromatic nitrogens is 2. The third-order valence-corrected chi connectivity index (χ3v) is 3.62. The van der Waals surface area contributed by atoms with E-state index >= 15 is 0 Å². The second kappa shape index (κ2) is 5.70. The quantitative estimate of drug-likeness (QED) is 0.377. The number of nitrogens with zero attached hydrogens (tertiary/aromatic N) is 1. The molecule has 2 rings (SSSR count). The third kappa shape index (κ3) is 3.36. The van der Waals surface area contributed by atoms with Gasteiger partial charge in [-0.1, -0.05) is 0 Å². The van der Waals surface area contributed by atoms with Crippen molar-refractivity contribution in [1.29, 1.82) is 0 Å². The number of H-pyrrole nitrogens is 1. The van der Waals surface area contributed by atoms with Gasteiger partial charge in [0.15, 0.2) is 18.9 Å². The summed E-state index contributed by atoms with van der Waals surface area (Å²) in [4.78, 5) is 42.2. The molecule has 2 heterocycles. The van der Waals surface area contributed by atoms with Gasteiger partial charge in [-0.2, -0.15) is 0 Å². The first kappa shape index (κ1) is 17.0. The number of aromatic amines is 1. The number of aliphatic hydroxyl groups excluding tert-OH is 1. The fourth-order valence-corrected chi connectivity index (χ4v) is 2.36. The van der Waals surface area contributed by atoms with E-state index < -0.39 is 49.4 Å². The molecule has 0 amide bonds. The van der Waals surface area contributed by atoms with Gasteiger partial charge in [-0.15, -0.1) is 0 Å². The summed E-state index contributed by atoms with van der Waals surface area (Å²) in [7, 11) is -4.51. The van der Waals surface area contributed by atoms with Crippen LogP contribution in [-0.4, -0.2) is 53.9 Å². The zero-order valence-electron chi connectivity index (χ0n) is 11.3. The SMILES string of the molecule is CC1(O)C(O)[C@@H](OCP(=O)(O)O)O[C@H]1n1ccc(=O)[nH]c1=O. The van der Waals surface area contributed by atoms with Crippen LogP contribution in [-0.2, 0) is 14.0 Å². The summed E-state index contributed by atoms with van der Waals surface area (Å²) < 4.78 is 21.5. The topological polar surface area (TPSA) is 171 Å². The predicted octanol–water partition coefficient (Wildman–Crippen LogP) is -2.34. The van der Waals surface area contributed by atoms with Gasteiger partial charge in [0.2, 0.25) is 0 Å². The van der Waals surface area contributed by atoms with E-state index in [9.17, 15) is 24.4 Å².